The van der Waals surface area contributed by atoms with E-state index in [9.17, 15) is 9.59 Å². The number of fused-ring (bicyclic) bond motifs is 1. The molecule has 0 bridgehead atoms. The molecule has 9 heteroatoms. The van der Waals surface area contributed by atoms with Gasteiger partial charge < -0.3 is 25.2 Å². The summed E-state index contributed by atoms with van der Waals surface area (Å²) in [4.78, 5) is 32.9. The molecule has 1 fully saturated rings. The summed E-state index contributed by atoms with van der Waals surface area (Å²) < 4.78 is 6.19. The lowest BCUT2D eigenvalue weighted by atomic mass is 10.2. The largest absolute Gasteiger partial charge is 0.497 e. The number of rotatable bonds is 5. The molecule has 1 aliphatic rings. The Bertz CT molecular complexity index is 996. The van der Waals surface area contributed by atoms with Gasteiger partial charge in [-0.15, -0.1) is 0 Å². The van der Waals surface area contributed by atoms with Crippen molar-refractivity contribution in [1.29, 1.82) is 0 Å². The molecule has 0 radical (unpaired) electrons. The van der Waals surface area contributed by atoms with Gasteiger partial charge in [-0.25, -0.2) is 9.78 Å². The third-order valence-corrected chi connectivity index (χ3v) is 5.90. The highest BCUT2D eigenvalue weighted by molar-refractivity contribution is 7.22. The first-order valence-corrected chi connectivity index (χ1v) is 10.5. The maximum atomic E-state index is 12.4. The predicted molar refractivity (Wildman–Crippen MR) is 118 cm³/mol. The quantitative estimate of drug-likeness (QED) is 0.657. The number of para-hydroxylation sites is 1. The van der Waals surface area contributed by atoms with Crippen molar-refractivity contribution in [3.63, 3.8) is 0 Å². The van der Waals surface area contributed by atoms with E-state index < -0.39 is 0 Å². The fraction of sp³-hybridized carbons (Fsp3) is 0.286. The van der Waals surface area contributed by atoms with Gasteiger partial charge in [-0.2, -0.15) is 0 Å². The van der Waals surface area contributed by atoms with Gasteiger partial charge in [-0.05, 0) is 36.4 Å². The first-order valence-electron chi connectivity index (χ1n) is 9.69. The van der Waals surface area contributed by atoms with Crippen LogP contribution in [0.1, 0.15) is 0 Å². The first-order chi connectivity index (χ1) is 14.6. The number of anilines is 2. The number of ether oxygens (including phenoxy) is 1. The number of amides is 3. The standard InChI is InChI=1S/C21H23N5O3S/c1-29-16-8-6-15(7-9-16)25-10-12-26(13-11-25)21(28)22-14-19(27)24-20-23-17-4-2-3-5-18(17)30-20/h2-9H,10-14H2,1H3,(H,22,28)(H,23,24,27). The van der Waals surface area contributed by atoms with Gasteiger partial charge in [0.1, 0.15) is 5.75 Å². The van der Waals surface area contributed by atoms with Gasteiger partial charge in [0, 0.05) is 31.9 Å². The molecular formula is C21H23N5O3S. The summed E-state index contributed by atoms with van der Waals surface area (Å²) in [5.74, 6) is 0.528. The van der Waals surface area contributed by atoms with E-state index in [2.05, 4.69) is 20.5 Å². The Morgan fingerprint density at radius 3 is 2.50 bits per heavy atom. The number of methoxy groups -OCH3 is 1. The van der Waals surface area contributed by atoms with Crippen LogP contribution in [0.15, 0.2) is 48.5 Å². The fourth-order valence-corrected chi connectivity index (χ4v) is 4.20. The van der Waals surface area contributed by atoms with Crippen LogP contribution < -0.4 is 20.3 Å². The molecule has 2 heterocycles. The highest BCUT2D eigenvalue weighted by Gasteiger charge is 2.21. The summed E-state index contributed by atoms with van der Waals surface area (Å²) in [6.45, 7) is 2.57. The SMILES string of the molecule is COc1ccc(N2CCN(C(=O)NCC(=O)Nc3nc4ccccc4s3)CC2)cc1. The maximum Gasteiger partial charge on any atom is 0.317 e. The van der Waals surface area contributed by atoms with E-state index in [0.717, 1.165) is 34.7 Å². The molecule has 1 saturated heterocycles. The number of nitrogens with one attached hydrogen (secondary N) is 2. The van der Waals surface area contributed by atoms with Crippen LogP contribution in [0.4, 0.5) is 15.6 Å². The van der Waals surface area contributed by atoms with Crippen LogP contribution in [0, 0.1) is 0 Å². The van der Waals surface area contributed by atoms with Crippen molar-refractivity contribution in [2.24, 2.45) is 0 Å². The number of aromatic nitrogens is 1. The number of urea groups is 1. The highest BCUT2D eigenvalue weighted by atomic mass is 32.1. The van der Waals surface area contributed by atoms with Crippen LogP contribution >= 0.6 is 11.3 Å². The molecule has 2 N–H and O–H groups in total. The summed E-state index contributed by atoms with van der Waals surface area (Å²) in [6.07, 6.45) is 0. The number of benzene rings is 2. The lowest BCUT2D eigenvalue weighted by Gasteiger charge is -2.36. The Morgan fingerprint density at radius 1 is 1.07 bits per heavy atom. The van der Waals surface area contributed by atoms with Crippen molar-refractivity contribution in [2.45, 2.75) is 0 Å². The van der Waals surface area contributed by atoms with Crippen LogP contribution in [0.3, 0.4) is 0 Å². The first kappa shape index (κ1) is 20.0. The Balaban J connectivity index is 1.23. The minimum Gasteiger partial charge on any atom is -0.497 e. The van der Waals surface area contributed by atoms with Crippen LogP contribution in [0.25, 0.3) is 10.2 Å². The molecule has 1 aromatic heterocycles. The molecule has 3 aromatic rings. The van der Waals surface area contributed by atoms with Crippen molar-refractivity contribution < 1.29 is 14.3 Å². The second-order valence-electron chi connectivity index (χ2n) is 6.87. The smallest absolute Gasteiger partial charge is 0.317 e. The van der Waals surface area contributed by atoms with E-state index >= 15 is 0 Å². The van der Waals surface area contributed by atoms with Crippen LogP contribution in [-0.2, 0) is 4.79 Å². The Morgan fingerprint density at radius 2 is 1.80 bits per heavy atom. The molecule has 0 atom stereocenters. The second kappa shape index (κ2) is 9.00. The summed E-state index contributed by atoms with van der Waals surface area (Å²) in [6, 6.07) is 15.3. The normalized spacial score (nSPS) is 13.9. The maximum absolute atomic E-state index is 12.4. The lowest BCUT2D eigenvalue weighted by molar-refractivity contribution is -0.115. The van der Waals surface area contributed by atoms with Crippen molar-refractivity contribution in [1.82, 2.24) is 15.2 Å². The average Bonchev–Trinajstić information content (AvgIpc) is 3.20. The molecular weight excluding hydrogens is 402 g/mol. The number of hydrogen-bond acceptors (Lipinski definition) is 6. The van der Waals surface area contributed by atoms with Gasteiger partial charge in [0.2, 0.25) is 5.91 Å². The van der Waals surface area contributed by atoms with Crippen molar-refractivity contribution >= 4 is 44.3 Å². The molecule has 0 saturated carbocycles. The van der Waals surface area contributed by atoms with Gasteiger partial charge in [-0.1, -0.05) is 23.5 Å². The molecule has 0 aliphatic carbocycles. The number of piperazine rings is 1. The van der Waals surface area contributed by atoms with Crippen LogP contribution in [0.2, 0.25) is 0 Å². The van der Waals surface area contributed by atoms with Gasteiger partial charge >= 0.3 is 6.03 Å². The van der Waals surface area contributed by atoms with E-state index in [0.29, 0.717) is 18.2 Å². The minimum atomic E-state index is -0.292. The lowest BCUT2D eigenvalue weighted by Crippen LogP contribution is -2.52. The Hall–Kier alpha value is -3.33. The van der Waals surface area contributed by atoms with Crippen LogP contribution in [-0.4, -0.2) is 61.7 Å². The van der Waals surface area contributed by atoms with E-state index in [1.807, 2.05) is 48.5 Å². The molecule has 4 rings (SSSR count). The molecule has 0 unspecified atom stereocenters. The Labute approximate surface area is 178 Å². The van der Waals surface area contributed by atoms with E-state index in [4.69, 9.17) is 4.74 Å². The number of nitrogens with zero attached hydrogens (tertiary/aromatic N) is 3. The zero-order valence-electron chi connectivity index (χ0n) is 16.6. The summed E-state index contributed by atoms with van der Waals surface area (Å²) >= 11 is 1.41. The predicted octanol–water partition coefficient (Wildman–Crippen LogP) is 2.78. The number of carbonyl (C=O) groups excluding carboxylic acids is 2. The summed E-state index contributed by atoms with van der Waals surface area (Å²) in [7, 11) is 1.64. The van der Waals surface area contributed by atoms with Crippen LogP contribution in [0.5, 0.6) is 5.75 Å². The summed E-state index contributed by atoms with van der Waals surface area (Å²) in [5, 5.41) is 5.97. The fourth-order valence-electron chi connectivity index (χ4n) is 3.32. The molecule has 0 spiro atoms. The van der Waals surface area contributed by atoms with Gasteiger partial charge in [0.25, 0.3) is 0 Å². The molecule has 3 amide bonds. The van der Waals surface area contributed by atoms with Crippen molar-refractivity contribution in [3.05, 3.63) is 48.5 Å². The molecule has 156 valence electrons. The third-order valence-electron chi connectivity index (χ3n) is 4.94. The zero-order valence-corrected chi connectivity index (χ0v) is 17.4. The van der Waals surface area contributed by atoms with Crippen molar-refractivity contribution in [2.75, 3.05) is 50.1 Å². The monoisotopic (exact) mass is 425 g/mol. The molecule has 30 heavy (non-hydrogen) atoms. The number of hydrogen-bond donors (Lipinski definition) is 2. The number of carbonyl (C=O) groups is 2. The average molecular weight is 426 g/mol. The molecule has 2 aromatic carbocycles. The second-order valence-corrected chi connectivity index (χ2v) is 7.90. The third kappa shape index (κ3) is 4.62. The van der Waals surface area contributed by atoms with Gasteiger partial charge in [0.05, 0.1) is 23.9 Å². The minimum absolute atomic E-state index is 0.0898. The summed E-state index contributed by atoms with van der Waals surface area (Å²) in [5.41, 5.74) is 1.95. The zero-order chi connectivity index (χ0) is 20.9. The topological polar surface area (TPSA) is 86.8 Å². The van der Waals surface area contributed by atoms with Gasteiger partial charge in [0.15, 0.2) is 5.13 Å². The van der Waals surface area contributed by atoms with Gasteiger partial charge in [-0.3, -0.25) is 4.79 Å². The van der Waals surface area contributed by atoms with E-state index in [1.165, 1.54) is 11.3 Å². The van der Waals surface area contributed by atoms with E-state index in [1.54, 1.807) is 12.0 Å². The number of thiazole rings is 1. The highest BCUT2D eigenvalue weighted by Crippen LogP contribution is 2.25. The van der Waals surface area contributed by atoms with Crippen molar-refractivity contribution in [3.8, 4) is 5.75 Å². The molecule has 8 nitrogen and oxygen atoms in total. The molecule has 1 aliphatic heterocycles. The Kier molecular flexibility index (Phi) is 5.99. The van der Waals surface area contributed by atoms with E-state index in [-0.39, 0.29) is 18.5 Å².